The van der Waals surface area contributed by atoms with E-state index in [0.717, 1.165) is 41.9 Å². The van der Waals surface area contributed by atoms with E-state index in [4.69, 9.17) is 4.52 Å². The standard InChI is InChI=1S/C20H23N5O3/c1-10-6-13(23-22-10)7-12-8-25(9-16(12)26)20(27)18-14-4-3-5-15(14)21-19-17(18)11(2)24-28-19/h6,12,16,26H,3-5,7-9H2,1-2H3,(H,22,23)/t12-,16+/m1/s1. The summed E-state index contributed by atoms with van der Waals surface area (Å²) in [4.78, 5) is 19.8. The lowest BCUT2D eigenvalue weighted by Crippen LogP contribution is -2.31. The number of aliphatic hydroxyl groups is 1. The van der Waals surface area contributed by atoms with Gasteiger partial charge in [-0.25, -0.2) is 4.98 Å². The molecule has 2 aliphatic rings. The van der Waals surface area contributed by atoms with Crippen molar-refractivity contribution in [2.75, 3.05) is 13.1 Å². The van der Waals surface area contributed by atoms with E-state index in [1.807, 2.05) is 19.9 Å². The Balaban J connectivity index is 1.46. The van der Waals surface area contributed by atoms with E-state index in [-0.39, 0.29) is 11.8 Å². The number of nitrogens with one attached hydrogen (secondary N) is 1. The van der Waals surface area contributed by atoms with Gasteiger partial charge in [0.05, 0.1) is 28.4 Å². The molecular formula is C20H23N5O3. The van der Waals surface area contributed by atoms with Gasteiger partial charge in [-0.3, -0.25) is 9.89 Å². The molecule has 3 aromatic heterocycles. The first-order chi connectivity index (χ1) is 13.5. The average molecular weight is 381 g/mol. The topological polar surface area (TPSA) is 108 Å². The third kappa shape index (κ3) is 2.71. The zero-order chi connectivity index (χ0) is 19.4. The van der Waals surface area contributed by atoms with Gasteiger partial charge in [0.2, 0.25) is 0 Å². The second-order valence-corrected chi connectivity index (χ2v) is 8.00. The summed E-state index contributed by atoms with van der Waals surface area (Å²) in [6, 6.07) is 1.98. The molecule has 4 heterocycles. The van der Waals surface area contributed by atoms with E-state index in [1.165, 1.54) is 0 Å². The lowest BCUT2D eigenvalue weighted by molar-refractivity contribution is 0.0765. The van der Waals surface area contributed by atoms with Gasteiger partial charge in [0.25, 0.3) is 11.6 Å². The van der Waals surface area contributed by atoms with Gasteiger partial charge in [0.15, 0.2) is 0 Å². The molecule has 3 aromatic rings. The Morgan fingerprint density at radius 2 is 2.21 bits per heavy atom. The van der Waals surface area contributed by atoms with Crippen LogP contribution in [0.3, 0.4) is 0 Å². The summed E-state index contributed by atoms with van der Waals surface area (Å²) >= 11 is 0. The van der Waals surface area contributed by atoms with E-state index >= 15 is 0 Å². The Morgan fingerprint density at radius 1 is 1.36 bits per heavy atom. The number of hydrogen-bond acceptors (Lipinski definition) is 6. The number of fused-ring (bicyclic) bond motifs is 2. The largest absolute Gasteiger partial charge is 0.391 e. The molecule has 0 bridgehead atoms. The predicted molar refractivity (Wildman–Crippen MR) is 101 cm³/mol. The van der Waals surface area contributed by atoms with E-state index < -0.39 is 6.10 Å². The number of β-amino-alcohol motifs (C(OH)–C–C–N with tert-alkyl or cyclic N) is 1. The molecule has 0 unspecified atom stereocenters. The van der Waals surface area contributed by atoms with Crippen molar-refractivity contribution in [1.82, 2.24) is 25.2 Å². The minimum absolute atomic E-state index is 0.0272. The number of carbonyl (C=O) groups excluding carboxylic acids is 1. The molecule has 0 spiro atoms. The van der Waals surface area contributed by atoms with Crippen LogP contribution in [0.15, 0.2) is 10.6 Å². The summed E-state index contributed by atoms with van der Waals surface area (Å²) in [5, 5.41) is 22.5. The third-order valence-corrected chi connectivity index (χ3v) is 5.96. The Morgan fingerprint density at radius 3 is 3.00 bits per heavy atom. The van der Waals surface area contributed by atoms with E-state index in [1.54, 1.807) is 4.90 Å². The Hall–Kier alpha value is -2.74. The van der Waals surface area contributed by atoms with Crippen molar-refractivity contribution in [2.45, 2.75) is 45.6 Å². The minimum Gasteiger partial charge on any atom is -0.391 e. The van der Waals surface area contributed by atoms with Crippen molar-refractivity contribution >= 4 is 17.0 Å². The van der Waals surface area contributed by atoms with Gasteiger partial charge < -0.3 is 14.5 Å². The fourth-order valence-corrected chi connectivity index (χ4v) is 4.58. The molecule has 0 saturated carbocycles. The second kappa shape index (κ2) is 6.41. The van der Waals surface area contributed by atoms with Gasteiger partial charge in [-0.2, -0.15) is 5.10 Å². The quantitative estimate of drug-likeness (QED) is 0.715. The van der Waals surface area contributed by atoms with Crippen molar-refractivity contribution in [3.8, 4) is 0 Å². The fraction of sp³-hybridized carbons (Fsp3) is 0.500. The minimum atomic E-state index is -0.560. The van der Waals surface area contributed by atoms with Crippen LogP contribution in [0.5, 0.6) is 0 Å². The molecule has 8 heteroatoms. The summed E-state index contributed by atoms with van der Waals surface area (Å²) in [5.74, 6) is -0.0859. The third-order valence-electron chi connectivity index (χ3n) is 5.96. The number of H-pyrrole nitrogens is 1. The molecule has 1 aliphatic heterocycles. The van der Waals surface area contributed by atoms with Crippen LogP contribution in [-0.2, 0) is 19.3 Å². The van der Waals surface area contributed by atoms with Gasteiger partial charge in [0, 0.05) is 30.4 Å². The number of aromatic nitrogens is 4. The van der Waals surface area contributed by atoms with Gasteiger partial charge >= 0.3 is 0 Å². The number of nitrogens with zero attached hydrogens (tertiary/aromatic N) is 4. The predicted octanol–water partition coefficient (Wildman–Crippen LogP) is 1.73. The highest BCUT2D eigenvalue weighted by Gasteiger charge is 2.37. The van der Waals surface area contributed by atoms with Crippen LogP contribution in [0.2, 0.25) is 0 Å². The highest BCUT2D eigenvalue weighted by atomic mass is 16.5. The maximum atomic E-state index is 13.5. The van der Waals surface area contributed by atoms with Gasteiger partial charge in [0.1, 0.15) is 0 Å². The molecule has 1 fully saturated rings. The van der Waals surface area contributed by atoms with Crippen molar-refractivity contribution < 1.29 is 14.4 Å². The number of rotatable bonds is 3. The van der Waals surface area contributed by atoms with E-state index in [9.17, 15) is 9.90 Å². The van der Waals surface area contributed by atoms with Crippen molar-refractivity contribution in [2.24, 2.45) is 5.92 Å². The fourth-order valence-electron chi connectivity index (χ4n) is 4.58. The maximum Gasteiger partial charge on any atom is 0.259 e. The molecule has 28 heavy (non-hydrogen) atoms. The lowest BCUT2D eigenvalue weighted by atomic mass is 10.00. The number of hydrogen-bond donors (Lipinski definition) is 2. The first-order valence-corrected chi connectivity index (χ1v) is 9.77. The summed E-state index contributed by atoms with van der Waals surface area (Å²) in [6.45, 7) is 4.63. The van der Waals surface area contributed by atoms with Crippen LogP contribution >= 0.6 is 0 Å². The Labute approximate surface area is 161 Å². The molecule has 1 amide bonds. The number of aromatic amines is 1. The number of amides is 1. The summed E-state index contributed by atoms with van der Waals surface area (Å²) < 4.78 is 5.36. The van der Waals surface area contributed by atoms with Crippen LogP contribution in [0.4, 0.5) is 0 Å². The molecule has 0 aromatic carbocycles. The number of aliphatic hydroxyl groups excluding tert-OH is 1. The summed E-state index contributed by atoms with van der Waals surface area (Å²) in [7, 11) is 0. The van der Waals surface area contributed by atoms with Gasteiger partial charge in [-0.1, -0.05) is 5.16 Å². The van der Waals surface area contributed by atoms with Crippen LogP contribution in [0.1, 0.15) is 45.1 Å². The SMILES string of the molecule is Cc1cc(C[C@@H]2CN(C(=O)c3c4c(nc5onc(C)c35)CCC4)C[C@@H]2O)n[nH]1. The Kier molecular flexibility index (Phi) is 3.97. The monoisotopic (exact) mass is 381 g/mol. The van der Waals surface area contributed by atoms with E-state index in [0.29, 0.717) is 41.9 Å². The summed E-state index contributed by atoms with van der Waals surface area (Å²) in [5.41, 5.74) is 5.65. The van der Waals surface area contributed by atoms with E-state index in [2.05, 4.69) is 20.3 Å². The maximum absolute atomic E-state index is 13.5. The smallest absolute Gasteiger partial charge is 0.259 e. The first-order valence-electron chi connectivity index (χ1n) is 9.77. The number of aryl methyl sites for hydroxylation is 3. The highest BCUT2D eigenvalue weighted by molar-refractivity contribution is 6.07. The van der Waals surface area contributed by atoms with Crippen molar-refractivity contribution in [3.05, 3.63) is 40.0 Å². The molecule has 0 radical (unpaired) electrons. The molecule has 2 N–H and O–H groups in total. The zero-order valence-corrected chi connectivity index (χ0v) is 16.0. The second-order valence-electron chi connectivity index (χ2n) is 8.00. The number of likely N-dealkylation sites (tertiary alicyclic amines) is 1. The molecule has 8 nitrogen and oxygen atoms in total. The number of carbonyl (C=O) groups is 1. The molecule has 5 rings (SSSR count). The number of pyridine rings is 1. The van der Waals surface area contributed by atoms with Gasteiger partial charge in [-0.05, 0) is 51.2 Å². The zero-order valence-electron chi connectivity index (χ0n) is 16.0. The average Bonchev–Trinajstić information content (AvgIpc) is 3.43. The molecule has 1 saturated heterocycles. The molecule has 146 valence electrons. The molecule has 1 aliphatic carbocycles. The normalized spacial score (nSPS) is 21.6. The Bertz CT molecular complexity index is 1070. The molecular weight excluding hydrogens is 358 g/mol. The molecule has 2 atom stereocenters. The van der Waals surface area contributed by atoms with Crippen LogP contribution in [-0.4, -0.2) is 55.4 Å². The lowest BCUT2D eigenvalue weighted by Gasteiger charge is -2.18. The highest BCUT2D eigenvalue weighted by Crippen LogP contribution is 2.34. The summed E-state index contributed by atoms with van der Waals surface area (Å²) in [6.07, 6.45) is 2.78. The van der Waals surface area contributed by atoms with Crippen LogP contribution in [0.25, 0.3) is 11.1 Å². The van der Waals surface area contributed by atoms with Gasteiger partial charge in [-0.15, -0.1) is 0 Å². The van der Waals surface area contributed by atoms with Crippen molar-refractivity contribution in [1.29, 1.82) is 0 Å². The van der Waals surface area contributed by atoms with Crippen LogP contribution in [0, 0.1) is 19.8 Å². The first kappa shape index (κ1) is 17.4. The van der Waals surface area contributed by atoms with Crippen LogP contribution < -0.4 is 0 Å². The van der Waals surface area contributed by atoms with Crippen molar-refractivity contribution in [3.63, 3.8) is 0 Å².